The molecule has 0 aliphatic carbocycles. The molecule has 2 aromatic rings. The van der Waals surface area contributed by atoms with E-state index in [9.17, 15) is 14.3 Å². The summed E-state index contributed by atoms with van der Waals surface area (Å²) in [7, 11) is 0. The molecule has 0 fully saturated rings. The smallest absolute Gasteiger partial charge is 0.342 e. The summed E-state index contributed by atoms with van der Waals surface area (Å²) in [6.45, 7) is 15.2. The number of ether oxygens (including phenoxy) is 2. The minimum absolute atomic E-state index is 0.0789. The van der Waals surface area contributed by atoms with Crippen LogP contribution in [-0.2, 0) is 33.8 Å². The van der Waals surface area contributed by atoms with Gasteiger partial charge in [-0.15, -0.1) is 0 Å². The van der Waals surface area contributed by atoms with Crippen LogP contribution in [0.15, 0.2) is 78.4 Å². The monoisotopic (exact) mass is 548 g/mol. The van der Waals surface area contributed by atoms with Gasteiger partial charge in [-0.05, 0) is 61.6 Å². The fraction of sp³-hybridized carbons (Fsp3) is 0.323. The van der Waals surface area contributed by atoms with Gasteiger partial charge in [0.25, 0.3) is 0 Å². The average molecular weight is 549 g/mol. The molecule has 40 heavy (non-hydrogen) atoms. The Morgan fingerprint density at radius 3 is 2.70 bits per heavy atom. The molecule has 0 amide bonds. The maximum absolute atomic E-state index is 13.1. The van der Waals surface area contributed by atoms with Crippen LogP contribution in [0.2, 0.25) is 0 Å². The largest absolute Gasteiger partial charge is 0.488 e. The minimum atomic E-state index is -1.29. The van der Waals surface area contributed by atoms with Gasteiger partial charge in [0.2, 0.25) is 5.88 Å². The van der Waals surface area contributed by atoms with E-state index in [4.69, 9.17) is 14.9 Å². The number of anilines is 1. The Hall–Kier alpha value is -4.24. The number of carboxylic acid groups (broad SMARTS) is 1. The molecule has 1 aromatic carbocycles. The third-order valence-electron chi connectivity index (χ3n) is 6.55. The third-order valence-corrected chi connectivity index (χ3v) is 6.55. The second-order valence-electron chi connectivity index (χ2n) is 9.50. The molecule has 212 valence electrons. The van der Waals surface area contributed by atoms with E-state index in [1.165, 1.54) is 11.1 Å². The minimum Gasteiger partial charge on any atom is -0.488 e. The molecule has 1 aliphatic rings. The van der Waals surface area contributed by atoms with Gasteiger partial charge in [0.1, 0.15) is 30.4 Å². The highest BCUT2D eigenvalue weighted by Crippen LogP contribution is 2.28. The lowest BCUT2D eigenvalue weighted by Gasteiger charge is -2.32. The van der Waals surface area contributed by atoms with Crippen molar-refractivity contribution in [2.75, 3.05) is 25.1 Å². The maximum Gasteiger partial charge on any atom is 0.342 e. The lowest BCUT2D eigenvalue weighted by Crippen LogP contribution is -2.38. The van der Waals surface area contributed by atoms with Crippen LogP contribution in [0.4, 0.5) is 10.2 Å². The van der Waals surface area contributed by atoms with Gasteiger partial charge in [0, 0.05) is 30.9 Å². The second-order valence-corrected chi connectivity index (χ2v) is 9.50. The molecule has 2 heterocycles. The van der Waals surface area contributed by atoms with Crippen LogP contribution in [0, 0.1) is 5.41 Å². The molecular formula is C31H37FN4O4. The van der Waals surface area contributed by atoms with E-state index in [-0.39, 0.29) is 30.8 Å². The molecule has 0 saturated carbocycles. The Morgan fingerprint density at radius 1 is 1.30 bits per heavy atom. The molecular weight excluding hydrogens is 511 g/mol. The molecule has 1 aromatic heterocycles. The van der Waals surface area contributed by atoms with Crippen LogP contribution < -0.4 is 5.32 Å². The highest BCUT2D eigenvalue weighted by atomic mass is 19.1. The van der Waals surface area contributed by atoms with Crippen LogP contribution >= 0.6 is 0 Å². The van der Waals surface area contributed by atoms with Gasteiger partial charge >= 0.3 is 5.97 Å². The van der Waals surface area contributed by atoms with Crippen LogP contribution in [0.1, 0.15) is 43.2 Å². The number of allylic oxidation sites excluding steroid dienone is 3. The van der Waals surface area contributed by atoms with E-state index in [0.717, 1.165) is 25.1 Å². The Kier molecular flexibility index (Phi) is 10.8. The predicted octanol–water partition coefficient (Wildman–Crippen LogP) is 5.88. The first kappa shape index (κ1) is 30.3. The van der Waals surface area contributed by atoms with Crippen molar-refractivity contribution in [3.63, 3.8) is 0 Å². The number of halogens is 1. The van der Waals surface area contributed by atoms with Gasteiger partial charge in [-0.1, -0.05) is 43.5 Å². The van der Waals surface area contributed by atoms with Crippen molar-refractivity contribution in [1.29, 1.82) is 5.41 Å². The molecule has 3 rings (SSSR count). The van der Waals surface area contributed by atoms with Gasteiger partial charge in [-0.2, -0.15) is 0 Å². The number of aliphatic carboxylic acids is 1. The van der Waals surface area contributed by atoms with Crippen LogP contribution in [0.25, 0.3) is 5.57 Å². The highest BCUT2D eigenvalue weighted by molar-refractivity contribution is 6.08. The number of nitrogens with zero attached hydrogens (tertiary/aromatic N) is 2. The molecule has 1 atom stereocenters. The molecule has 3 N–H and O–H groups in total. The number of carbonyl (C=O) groups is 1. The number of carboxylic acids is 1. The van der Waals surface area contributed by atoms with Gasteiger partial charge in [0.15, 0.2) is 0 Å². The van der Waals surface area contributed by atoms with E-state index in [1.807, 2.05) is 19.9 Å². The number of hydrogen-bond donors (Lipinski definition) is 3. The molecule has 8 nitrogen and oxygen atoms in total. The molecule has 1 unspecified atom stereocenters. The SMILES string of the molecule is C=C/C(=C(/OCc1ccc2c(c1)CCN(C(C)CF)C2)C(=C)C)c1cccc(N/C(OCC)=C(\C=N)C(=O)O)n1. The first-order valence-corrected chi connectivity index (χ1v) is 13.1. The summed E-state index contributed by atoms with van der Waals surface area (Å²) < 4.78 is 24.8. The van der Waals surface area contributed by atoms with E-state index < -0.39 is 5.97 Å². The van der Waals surface area contributed by atoms with Crippen molar-refractivity contribution in [3.8, 4) is 0 Å². The van der Waals surface area contributed by atoms with Gasteiger partial charge < -0.3 is 25.3 Å². The summed E-state index contributed by atoms with van der Waals surface area (Å²) >= 11 is 0. The number of hydrogen-bond acceptors (Lipinski definition) is 7. The molecule has 0 saturated heterocycles. The number of alkyl halides is 1. The number of benzene rings is 1. The second kappa shape index (κ2) is 14.2. The number of pyridine rings is 1. The molecule has 1 aliphatic heterocycles. The summed E-state index contributed by atoms with van der Waals surface area (Å²) in [5.41, 5.74) is 4.99. The Labute approximate surface area is 235 Å². The molecule has 0 bridgehead atoms. The van der Waals surface area contributed by atoms with Crippen molar-refractivity contribution < 1.29 is 23.8 Å². The van der Waals surface area contributed by atoms with E-state index in [0.29, 0.717) is 41.2 Å². The first-order chi connectivity index (χ1) is 19.2. The van der Waals surface area contributed by atoms with Crippen LogP contribution in [-0.4, -0.2) is 53.0 Å². The van der Waals surface area contributed by atoms with E-state index in [2.05, 4.69) is 40.5 Å². The van der Waals surface area contributed by atoms with Crippen molar-refractivity contribution in [2.24, 2.45) is 0 Å². The summed E-state index contributed by atoms with van der Waals surface area (Å²) in [5.74, 6) is -0.509. The van der Waals surface area contributed by atoms with Gasteiger partial charge in [0.05, 0.1) is 12.3 Å². The quantitative estimate of drug-likeness (QED) is 0.117. The number of nitrogens with one attached hydrogen (secondary N) is 2. The number of rotatable bonds is 14. The van der Waals surface area contributed by atoms with E-state index >= 15 is 0 Å². The van der Waals surface area contributed by atoms with Crippen LogP contribution in [0.5, 0.6) is 0 Å². The Balaban J connectivity index is 1.86. The third kappa shape index (κ3) is 7.45. The Bertz CT molecular complexity index is 1330. The zero-order valence-electron chi connectivity index (χ0n) is 23.3. The Morgan fingerprint density at radius 2 is 2.08 bits per heavy atom. The van der Waals surface area contributed by atoms with Crippen LogP contribution in [0.3, 0.4) is 0 Å². The lowest BCUT2D eigenvalue weighted by molar-refractivity contribution is -0.132. The summed E-state index contributed by atoms with van der Waals surface area (Å²) in [5, 5.41) is 19.7. The zero-order valence-corrected chi connectivity index (χ0v) is 23.3. The van der Waals surface area contributed by atoms with Crippen molar-refractivity contribution in [3.05, 3.63) is 101 Å². The highest BCUT2D eigenvalue weighted by Gasteiger charge is 2.21. The fourth-order valence-electron chi connectivity index (χ4n) is 4.41. The standard InChI is InChI=1S/C31H37FN4O4/c1-6-25(27-9-8-10-28(34-27)35-30(39-7-2)26(17-33)31(37)38)29(20(3)4)40-19-22-11-12-24-18-36(21(5)16-32)14-13-23(24)15-22/h6,8-12,15,17,21,33H,1,3,7,13-14,16,18-19H2,2,4-5H3,(H,34,35)(H,37,38)/b29-25-,30-26-,33-17?. The molecule has 0 spiro atoms. The number of aromatic nitrogens is 1. The summed E-state index contributed by atoms with van der Waals surface area (Å²) in [6.07, 6.45) is 3.22. The fourth-order valence-corrected chi connectivity index (χ4v) is 4.41. The number of fused-ring (bicyclic) bond motifs is 1. The topological polar surface area (TPSA) is 108 Å². The van der Waals surface area contributed by atoms with Crippen molar-refractivity contribution in [2.45, 2.75) is 46.4 Å². The first-order valence-electron chi connectivity index (χ1n) is 13.1. The zero-order chi connectivity index (χ0) is 29.2. The maximum atomic E-state index is 13.1. The molecule has 0 radical (unpaired) electrons. The summed E-state index contributed by atoms with van der Waals surface area (Å²) in [4.78, 5) is 18.3. The average Bonchev–Trinajstić information content (AvgIpc) is 2.94. The van der Waals surface area contributed by atoms with Crippen molar-refractivity contribution >= 4 is 23.6 Å². The van der Waals surface area contributed by atoms with Gasteiger partial charge in [-0.3, -0.25) is 4.90 Å². The molecule has 9 heteroatoms. The normalized spacial score (nSPS) is 15.1. The lowest BCUT2D eigenvalue weighted by atomic mass is 9.96. The van der Waals surface area contributed by atoms with Crippen molar-refractivity contribution in [1.82, 2.24) is 9.88 Å². The predicted molar refractivity (Wildman–Crippen MR) is 156 cm³/mol. The van der Waals surface area contributed by atoms with E-state index in [1.54, 1.807) is 31.2 Å². The summed E-state index contributed by atoms with van der Waals surface area (Å²) in [6, 6.07) is 11.4. The van der Waals surface area contributed by atoms with Gasteiger partial charge in [-0.25, -0.2) is 14.2 Å².